The van der Waals surface area contributed by atoms with E-state index in [9.17, 15) is 22.8 Å². The van der Waals surface area contributed by atoms with Gasteiger partial charge in [0.25, 0.3) is 0 Å². The molecule has 1 rings (SSSR count). The van der Waals surface area contributed by atoms with Crippen LogP contribution in [0.3, 0.4) is 0 Å². The lowest BCUT2D eigenvalue weighted by atomic mass is 10.1. The van der Waals surface area contributed by atoms with Gasteiger partial charge in [-0.2, -0.15) is 13.2 Å². The van der Waals surface area contributed by atoms with Crippen molar-refractivity contribution < 1.29 is 22.8 Å². The van der Waals surface area contributed by atoms with Crippen molar-refractivity contribution in [3.63, 3.8) is 0 Å². The topological polar surface area (TPSA) is 58.2 Å². The van der Waals surface area contributed by atoms with E-state index in [0.29, 0.717) is 25.7 Å². The van der Waals surface area contributed by atoms with E-state index in [-0.39, 0.29) is 12.5 Å². The van der Waals surface area contributed by atoms with Crippen LogP contribution < -0.4 is 10.6 Å². The second-order valence-corrected chi connectivity index (χ2v) is 4.98. The van der Waals surface area contributed by atoms with Crippen LogP contribution in [0.2, 0.25) is 0 Å². The largest absolute Gasteiger partial charge is 0.471 e. The number of carbonyl (C=O) groups excluding carboxylic acids is 2. The summed E-state index contributed by atoms with van der Waals surface area (Å²) in [4.78, 5) is 22.2. The summed E-state index contributed by atoms with van der Waals surface area (Å²) in [6.45, 7) is 1.88. The normalized spacial score (nSPS) is 11.1. The van der Waals surface area contributed by atoms with Gasteiger partial charge in [-0.05, 0) is 37.5 Å². The Morgan fingerprint density at radius 1 is 1.14 bits per heavy atom. The first-order valence-corrected chi connectivity index (χ1v) is 7.00. The first-order valence-electron chi connectivity index (χ1n) is 7.00. The van der Waals surface area contributed by atoms with Crippen molar-refractivity contribution in [1.82, 2.24) is 5.32 Å². The van der Waals surface area contributed by atoms with Crippen molar-refractivity contribution in [2.75, 3.05) is 11.9 Å². The van der Waals surface area contributed by atoms with Gasteiger partial charge in [-0.1, -0.05) is 18.6 Å². The summed E-state index contributed by atoms with van der Waals surface area (Å²) in [7, 11) is 0. The molecule has 0 aromatic heterocycles. The second-order valence-electron chi connectivity index (χ2n) is 4.98. The highest BCUT2D eigenvalue weighted by atomic mass is 19.4. The number of nitrogens with one attached hydrogen (secondary N) is 2. The van der Waals surface area contributed by atoms with Gasteiger partial charge in [-0.25, -0.2) is 0 Å². The van der Waals surface area contributed by atoms with E-state index < -0.39 is 12.1 Å². The van der Waals surface area contributed by atoms with Gasteiger partial charge in [0.2, 0.25) is 5.91 Å². The molecule has 0 aliphatic carbocycles. The molecule has 122 valence electrons. The summed E-state index contributed by atoms with van der Waals surface area (Å²) in [6, 6.07) is 7.40. The van der Waals surface area contributed by atoms with Crippen molar-refractivity contribution in [1.29, 1.82) is 0 Å². The van der Waals surface area contributed by atoms with Crippen LogP contribution in [-0.4, -0.2) is 24.5 Å². The fourth-order valence-corrected chi connectivity index (χ4v) is 1.84. The molecule has 1 aromatic carbocycles. The minimum atomic E-state index is -4.84. The number of aryl methyl sites for hydroxylation is 1. The fraction of sp³-hybridized carbons (Fsp3) is 0.467. The molecule has 0 saturated heterocycles. The quantitative estimate of drug-likeness (QED) is 0.759. The predicted octanol–water partition coefficient (Wildman–Crippen LogP) is 3.17. The number of unbranched alkanes of at least 4 members (excludes halogenated alkanes) is 2. The van der Waals surface area contributed by atoms with Crippen LogP contribution in [0.4, 0.5) is 18.9 Å². The number of carbonyl (C=O) groups is 2. The van der Waals surface area contributed by atoms with Crippen molar-refractivity contribution in [2.45, 2.75) is 38.8 Å². The predicted molar refractivity (Wildman–Crippen MR) is 77.3 cm³/mol. The molecule has 0 atom stereocenters. The molecule has 0 bridgehead atoms. The van der Waals surface area contributed by atoms with E-state index in [4.69, 9.17) is 0 Å². The molecule has 22 heavy (non-hydrogen) atoms. The Morgan fingerprint density at radius 3 is 2.50 bits per heavy atom. The Hall–Kier alpha value is -2.05. The number of alkyl halides is 3. The van der Waals surface area contributed by atoms with E-state index in [0.717, 1.165) is 11.3 Å². The highest BCUT2D eigenvalue weighted by Crippen LogP contribution is 2.14. The Labute approximate surface area is 127 Å². The molecule has 0 saturated carbocycles. The lowest BCUT2D eigenvalue weighted by molar-refractivity contribution is -0.173. The maximum absolute atomic E-state index is 11.9. The number of hydrogen-bond acceptors (Lipinski definition) is 2. The summed E-state index contributed by atoms with van der Waals surface area (Å²) in [5.41, 5.74) is 1.76. The Bertz CT molecular complexity index is 516. The van der Waals surface area contributed by atoms with Gasteiger partial charge in [0.05, 0.1) is 0 Å². The highest BCUT2D eigenvalue weighted by molar-refractivity contribution is 5.90. The van der Waals surface area contributed by atoms with E-state index in [1.54, 1.807) is 11.4 Å². The van der Waals surface area contributed by atoms with Crippen LogP contribution in [0, 0.1) is 6.92 Å². The number of amides is 2. The third-order valence-electron chi connectivity index (χ3n) is 2.93. The van der Waals surface area contributed by atoms with Crippen molar-refractivity contribution >= 4 is 17.5 Å². The molecule has 0 aliphatic rings. The molecule has 0 radical (unpaired) electrons. The second kappa shape index (κ2) is 8.41. The number of benzene rings is 1. The van der Waals surface area contributed by atoms with Gasteiger partial charge in [-0.15, -0.1) is 0 Å². The smallest absolute Gasteiger partial charge is 0.348 e. The van der Waals surface area contributed by atoms with Crippen LogP contribution in [0.15, 0.2) is 24.3 Å². The van der Waals surface area contributed by atoms with E-state index in [2.05, 4.69) is 5.32 Å². The standard InChI is InChI=1S/C15H19F3N2O2/c1-11-6-5-7-12(10-11)20-13(21)8-3-2-4-9-19-14(22)15(16,17)18/h5-7,10H,2-4,8-9H2,1H3,(H,19,22)(H,20,21). The third kappa shape index (κ3) is 7.10. The van der Waals surface area contributed by atoms with Crippen molar-refractivity contribution in [3.05, 3.63) is 29.8 Å². The van der Waals surface area contributed by atoms with Gasteiger partial charge in [0, 0.05) is 18.7 Å². The number of halogens is 3. The van der Waals surface area contributed by atoms with Gasteiger partial charge in [-0.3, -0.25) is 9.59 Å². The molecule has 2 N–H and O–H groups in total. The zero-order chi connectivity index (χ0) is 16.6. The van der Waals surface area contributed by atoms with Crippen LogP contribution in [0.5, 0.6) is 0 Å². The van der Waals surface area contributed by atoms with Gasteiger partial charge < -0.3 is 10.6 Å². The molecule has 2 amide bonds. The van der Waals surface area contributed by atoms with Crippen LogP contribution in [0.25, 0.3) is 0 Å². The van der Waals surface area contributed by atoms with Crippen molar-refractivity contribution in [3.8, 4) is 0 Å². The maximum Gasteiger partial charge on any atom is 0.471 e. The number of rotatable bonds is 7. The maximum atomic E-state index is 11.9. The summed E-state index contributed by atoms with van der Waals surface area (Å²) in [6.07, 6.45) is -3.02. The average molecular weight is 316 g/mol. The molecule has 0 unspecified atom stereocenters. The van der Waals surface area contributed by atoms with Crippen molar-refractivity contribution in [2.24, 2.45) is 0 Å². The van der Waals surface area contributed by atoms with E-state index in [1.165, 1.54) is 0 Å². The van der Waals surface area contributed by atoms with E-state index >= 15 is 0 Å². The molecule has 7 heteroatoms. The molecular weight excluding hydrogens is 297 g/mol. The SMILES string of the molecule is Cc1cccc(NC(=O)CCCCCNC(=O)C(F)(F)F)c1. The van der Waals surface area contributed by atoms with E-state index in [1.807, 2.05) is 25.1 Å². The summed E-state index contributed by atoms with van der Waals surface area (Å²) in [5, 5.41) is 4.55. The monoisotopic (exact) mass is 316 g/mol. The zero-order valence-electron chi connectivity index (χ0n) is 12.3. The lowest BCUT2D eigenvalue weighted by Gasteiger charge is -2.08. The van der Waals surface area contributed by atoms with Crippen LogP contribution in [0.1, 0.15) is 31.2 Å². The molecule has 0 spiro atoms. The highest BCUT2D eigenvalue weighted by Gasteiger charge is 2.38. The van der Waals surface area contributed by atoms with Gasteiger partial charge >= 0.3 is 12.1 Å². The minimum Gasteiger partial charge on any atom is -0.348 e. The summed E-state index contributed by atoms with van der Waals surface area (Å²) >= 11 is 0. The minimum absolute atomic E-state index is 0.0438. The Morgan fingerprint density at radius 2 is 1.86 bits per heavy atom. The zero-order valence-corrected chi connectivity index (χ0v) is 12.3. The molecule has 0 aliphatic heterocycles. The average Bonchev–Trinajstić information content (AvgIpc) is 2.41. The lowest BCUT2D eigenvalue weighted by Crippen LogP contribution is -2.37. The molecular formula is C15H19F3N2O2. The van der Waals surface area contributed by atoms with Crippen LogP contribution in [-0.2, 0) is 9.59 Å². The first kappa shape index (κ1) is 18.0. The fourth-order valence-electron chi connectivity index (χ4n) is 1.84. The molecule has 1 aromatic rings. The third-order valence-corrected chi connectivity index (χ3v) is 2.93. The summed E-state index contributed by atoms with van der Waals surface area (Å²) < 4.78 is 35.7. The summed E-state index contributed by atoms with van der Waals surface area (Å²) in [5.74, 6) is -2.06. The molecule has 0 heterocycles. The number of anilines is 1. The number of hydrogen-bond donors (Lipinski definition) is 2. The van der Waals surface area contributed by atoms with Gasteiger partial charge in [0.1, 0.15) is 0 Å². The molecule has 0 fully saturated rings. The first-order chi connectivity index (χ1) is 10.3. The van der Waals surface area contributed by atoms with Gasteiger partial charge in [0.15, 0.2) is 0 Å². The van der Waals surface area contributed by atoms with Crippen LogP contribution >= 0.6 is 0 Å². The molecule has 4 nitrogen and oxygen atoms in total. The Balaban J connectivity index is 2.12. The Kier molecular flexibility index (Phi) is 6.88.